The van der Waals surface area contributed by atoms with Gasteiger partial charge < -0.3 is 18.9 Å². The van der Waals surface area contributed by atoms with Gasteiger partial charge in [-0.2, -0.15) is 0 Å². The average molecular weight is 228 g/mol. The number of esters is 1. The van der Waals surface area contributed by atoms with Crippen molar-refractivity contribution in [1.29, 1.82) is 0 Å². The van der Waals surface area contributed by atoms with Crippen LogP contribution >= 0.6 is 0 Å². The van der Waals surface area contributed by atoms with Crippen LogP contribution in [0.25, 0.3) is 0 Å². The lowest BCUT2D eigenvalue weighted by atomic mass is 10.1. The molecule has 0 amide bonds. The van der Waals surface area contributed by atoms with Gasteiger partial charge in [-0.1, -0.05) is 6.08 Å². The van der Waals surface area contributed by atoms with Crippen LogP contribution in [-0.2, 0) is 23.7 Å². The highest BCUT2D eigenvalue weighted by Gasteiger charge is 2.39. The fourth-order valence-electron chi connectivity index (χ4n) is 1.74. The summed E-state index contributed by atoms with van der Waals surface area (Å²) < 4.78 is 21.6. The normalized spacial score (nSPS) is 36.6. The maximum absolute atomic E-state index is 10.8. The molecule has 0 unspecified atom stereocenters. The predicted molar refractivity (Wildman–Crippen MR) is 54.5 cm³/mol. The van der Waals surface area contributed by atoms with Crippen LogP contribution in [0.3, 0.4) is 0 Å². The largest absolute Gasteiger partial charge is 0.432 e. The standard InChI is InChI=1S/C11H16O5/c1-7(12)14-10-5-4-8-9(15-10)6-13-11(2,3)16-8/h4-5,8-10H,6H2,1-3H3/t8-,9+,10+/m0/s1. The van der Waals surface area contributed by atoms with Crippen molar-refractivity contribution in [3.63, 3.8) is 0 Å². The predicted octanol–water partition coefficient (Wildman–Crippen LogP) is 0.982. The topological polar surface area (TPSA) is 54.0 Å². The summed E-state index contributed by atoms with van der Waals surface area (Å²) in [6.07, 6.45) is 2.54. The van der Waals surface area contributed by atoms with Gasteiger partial charge >= 0.3 is 5.97 Å². The molecule has 0 radical (unpaired) electrons. The lowest BCUT2D eigenvalue weighted by Gasteiger charge is -2.42. The molecule has 2 heterocycles. The van der Waals surface area contributed by atoms with Gasteiger partial charge in [-0.05, 0) is 19.9 Å². The molecular weight excluding hydrogens is 212 g/mol. The van der Waals surface area contributed by atoms with Crippen LogP contribution in [-0.4, -0.2) is 36.9 Å². The highest BCUT2D eigenvalue weighted by molar-refractivity contribution is 5.66. The second kappa shape index (κ2) is 4.16. The van der Waals surface area contributed by atoms with Crippen molar-refractivity contribution in [2.24, 2.45) is 0 Å². The zero-order valence-electron chi connectivity index (χ0n) is 9.64. The molecule has 0 aromatic carbocycles. The van der Waals surface area contributed by atoms with E-state index in [0.717, 1.165) is 0 Å². The average Bonchev–Trinajstić information content (AvgIpc) is 2.16. The maximum Gasteiger partial charge on any atom is 0.305 e. The molecule has 0 spiro atoms. The van der Waals surface area contributed by atoms with Gasteiger partial charge in [-0.3, -0.25) is 4.79 Å². The van der Waals surface area contributed by atoms with Crippen molar-refractivity contribution in [3.05, 3.63) is 12.2 Å². The van der Waals surface area contributed by atoms with Crippen molar-refractivity contribution in [3.8, 4) is 0 Å². The Morgan fingerprint density at radius 1 is 1.44 bits per heavy atom. The lowest BCUT2D eigenvalue weighted by Crippen LogP contribution is -2.51. The molecule has 1 saturated heterocycles. The van der Waals surface area contributed by atoms with E-state index in [1.54, 1.807) is 6.08 Å². The quantitative estimate of drug-likeness (QED) is 0.494. The van der Waals surface area contributed by atoms with Gasteiger partial charge in [0.05, 0.1) is 6.61 Å². The first-order chi connectivity index (χ1) is 7.46. The number of rotatable bonds is 1. The third-order valence-corrected chi connectivity index (χ3v) is 2.43. The van der Waals surface area contributed by atoms with Gasteiger partial charge in [0.2, 0.25) is 6.29 Å². The van der Waals surface area contributed by atoms with Crippen molar-refractivity contribution in [2.45, 2.75) is 45.1 Å². The molecule has 16 heavy (non-hydrogen) atoms. The zero-order valence-corrected chi connectivity index (χ0v) is 9.64. The molecule has 2 rings (SSSR count). The summed E-state index contributed by atoms with van der Waals surface area (Å²) in [5.41, 5.74) is 0. The Kier molecular flexibility index (Phi) is 3.01. The highest BCUT2D eigenvalue weighted by atomic mass is 16.8. The maximum atomic E-state index is 10.8. The van der Waals surface area contributed by atoms with E-state index < -0.39 is 12.1 Å². The summed E-state index contributed by atoms with van der Waals surface area (Å²) in [4.78, 5) is 10.8. The van der Waals surface area contributed by atoms with E-state index in [1.807, 2.05) is 19.9 Å². The monoisotopic (exact) mass is 228 g/mol. The second-order valence-electron chi connectivity index (χ2n) is 4.33. The summed E-state index contributed by atoms with van der Waals surface area (Å²) in [6, 6.07) is 0. The third kappa shape index (κ3) is 2.61. The summed E-state index contributed by atoms with van der Waals surface area (Å²) in [6.45, 7) is 5.49. The first-order valence-corrected chi connectivity index (χ1v) is 5.29. The van der Waals surface area contributed by atoms with E-state index >= 15 is 0 Å². The van der Waals surface area contributed by atoms with Gasteiger partial charge in [0.1, 0.15) is 12.2 Å². The van der Waals surface area contributed by atoms with E-state index in [0.29, 0.717) is 6.61 Å². The second-order valence-corrected chi connectivity index (χ2v) is 4.33. The van der Waals surface area contributed by atoms with E-state index in [4.69, 9.17) is 18.9 Å². The minimum Gasteiger partial charge on any atom is -0.432 e. The van der Waals surface area contributed by atoms with Gasteiger partial charge in [0.25, 0.3) is 0 Å². The van der Waals surface area contributed by atoms with Crippen LogP contribution in [0, 0.1) is 0 Å². The fourth-order valence-corrected chi connectivity index (χ4v) is 1.74. The lowest BCUT2D eigenvalue weighted by molar-refractivity contribution is -0.316. The van der Waals surface area contributed by atoms with E-state index in [2.05, 4.69) is 0 Å². The highest BCUT2D eigenvalue weighted by Crippen LogP contribution is 2.28. The van der Waals surface area contributed by atoms with Gasteiger partial charge in [-0.25, -0.2) is 0 Å². The first kappa shape index (κ1) is 11.6. The number of fused-ring (bicyclic) bond motifs is 1. The molecule has 0 aromatic rings. The molecule has 0 aliphatic carbocycles. The molecule has 0 saturated carbocycles. The molecule has 5 heteroatoms. The molecule has 1 fully saturated rings. The molecule has 0 N–H and O–H groups in total. The Morgan fingerprint density at radius 3 is 2.88 bits per heavy atom. The number of hydrogen-bond acceptors (Lipinski definition) is 5. The van der Waals surface area contributed by atoms with Crippen LogP contribution in [0.15, 0.2) is 12.2 Å². The van der Waals surface area contributed by atoms with Crippen LogP contribution in [0.2, 0.25) is 0 Å². The third-order valence-electron chi connectivity index (χ3n) is 2.43. The molecule has 5 nitrogen and oxygen atoms in total. The Bertz CT molecular complexity index is 309. The van der Waals surface area contributed by atoms with Crippen molar-refractivity contribution < 1.29 is 23.7 Å². The van der Waals surface area contributed by atoms with Crippen molar-refractivity contribution >= 4 is 5.97 Å². The van der Waals surface area contributed by atoms with Crippen LogP contribution < -0.4 is 0 Å². The Balaban J connectivity index is 1.99. The Morgan fingerprint density at radius 2 is 2.19 bits per heavy atom. The van der Waals surface area contributed by atoms with Gasteiger partial charge in [0.15, 0.2) is 5.79 Å². The fraction of sp³-hybridized carbons (Fsp3) is 0.727. The Hall–Kier alpha value is -0.910. The summed E-state index contributed by atoms with van der Waals surface area (Å²) >= 11 is 0. The van der Waals surface area contributed by atoms with Gasteiger partial charge in [0, 0.05) is 6.92 Å². The van der Waals surface area contributed by atoms with E-state index in [-0.39, 0.29) is 18.2 Å². The molecule has 90 valence electrons. The van der Waals surface area contributed by atoms with Crippen LogP contribution in [0.4, 0.5) is 0 Å². The summed E-state index contributed by atoms with van der Waals surface area (Å²) in [7, 11) is 0. The van der Waals surface area contributed by atoms with Crippen LogP contribution in [0.1, 0.15) is 20.8 Å². The van der Waals surface area contributed by atoms with Crippen molar-refractivity contribution in [1.82, 2.24) is 0 Å². The smallest absolute Gasteiger partial charge is 0.305 e. The molecule has 3 atom stereocenters. The van der Waals surface area contributed by atoms with E-state index in [1.165, 1.54) is 6.92 Å². The summed E-state index contributed by atoms with van der Waals surface area (Å²) in [5, 5.41) is 0. The number of ether oxygens (including phenoxy) is 4. The molecular formula is C11H16O5. The first-order valence-electron chi connectivity index (χ1n) is 5.29. The molecule has 0 aromatic heterocycles. The SMILES string of the molecule is CC(=O)O[C@H]1C=C[C@@H]2OC(C)(C)OC[C@H]2O1. The Labute approximate surface area is 94.3 Å². The zero-order chi connectivity index (χ0) is 11.8. The molecule has 0 bridgehead atoms. The minimum atomic E-state index is -0.632. The number of hydrogen-bond donors (Lipinski definition) is 0. The minimum absolute atomic E-state index is 0.143. The summed E-state index contributed by atoms with van der Waals surface area (Å²) in [5.74, 6) is -0.963. The van der Waals surface area contributed by atoms with Crippen molar-refractivity contribution in [2.75, 3.05) is 6.61 Å². The van der Waals surface area contributed by atoms with Gasteiger partial charge in [-0.15, -0.1) is 0 Å². The van der Waals surface area contributed by atoms with Crippen LogP contribution in [0.5, 0.6) is 0 Å². The van der Waals surface area contributed by atoms with E-state index in [9.17, 15) is 4.79 Å². The number of carbonyl (C=O) groups is 1. The molecule has 2 aliphatic heterocycles. The number of carbonyl (C=O) groups excluding carboxylic acids is 1. The molecule has 2 aliphatic rings.